The molecule has 0 spiro atoms. The quantitative estimate of drug-likeness (QED) is 0.615. The first-order valence-electron chi connectivity index (χ1n) is 5.96. The fourth-order valence-electron chi connectivity index (χ4n) is 2.55. The van der Waals surface area contributed by atoms with Crippen molar-refractivity contribution < 1.29 is 14.5 Å². The first-order valence-corrected chi connectivity index (χ1v) is 7.19. The molecule has 6 nitrogen and oxygen atoms in total. The lowest BCUT2D eigenvalue weighted by Crippen LogP contribution is -2.31. The number of nitro groups is 1. The number of hydrogen-bond donors (Lipinski definition) is 0. The van der Waals surface area contributed by atoms with E-state index < -0.39 is 4.92 Å². The number of fused-ring (bicyclic) bond motifs is 3. The summed E-state index contributed by atoms with van der Waals surface area (Å²) in [5.41, 5.74) is 1.36. The second-order valence-electron chi connectivity index (χ2n) is 4.50. The molecule has 0 bridgehead atoms. The molecule has 0 aromatic heterocycles. The van der Waals surface area contributed by atoms with Crippen molar-refractivity contribution in [2.45, 2.75) is 6.42 Å². The third kappa shape index (κ3) is 1.66. The molecule has 0 saturated carbocycles. The van der Waals surface area contributed by atoms with Gasteiger partial charge < -0.3 is 4.90 Å². The number of Topliss-reactive ketones (excluding diaryl/α,β-unsaturated/α-hetero) is 1. The lowest BCUT2D eigenvalue weighted by atomic mass is 10.0. The van der Waals surface area contributed by atoms with E-state index >= 15 is 0 Å². The average Bonchev–Trinajstić information content (AvgIpc) is 2.72. The van der Waals surface area contributed by atoms with Crippen molar-refractivity contribution in [3.05, 3.63) is 44.3 Å². The van der Waals surface area contributed by atoms with Crippen LogP contribution in [0.15, 0.2) is 23.1 Å². The van der Waals surface area contributed by atoms with Crippen LogP contribution in [0.25, 0.3) is 5.70 Å². The number of hydrogen-bond acceptors (Lipinski definition) is 5. The molecule has 2 aliphatic rings. The summed E-state index contributed by atoms with van der Waals surface area (Å²) in [6.45, 7) is 0.333. The predicted octanol–water partition coefficient (Wildman–Crippen LogP) is 2.05. The van der Waals surface area contributed by atoms with Crippen LogP contribution in [-0.2, 0) is 4.79 Å². The summed E-state index contributed by atoms with van der Waals surface area (Å²) in [5.74, 6) is -0.208. The molecule has 102 valence electrons. The van der Waals surface area contributed by atoms with Gasteiger partial charge in [-0.15, -0.1) is 11.8 Å². The van der Waals surface area contributed by atoms with Crippen LogP contribution in [0, 0.1) is 10.1 Å². The maximum absolute atomic E-state index is 12.3. The minimum absolute atomic E-state index is 0.0177. The molecule has 1 aromatic rings. The largest absolute Gasteiger partial charge is 0.306 e. The van der Waals surface area contributed by atoms with E-state index in [-0.39, 0.29) is 17.4 Å². The van der Waals surface area contributed by atoms with Crippen molar-refractivity contribution in [2.75, 3.05) is 12.8 Å². The molecule has 2 heterocycles. The first-order chi connectivity index (χ1) is 9.54. The van der Waals surface area contributed by atoms with Gasteiger partial charge in [0.25, 0.3) is 11.6 Å². The SMILES string of the molecule is CSC1=C2c3cc([N+](=O)[O-])ccc3C(=O)N2CCC1=O. The molecule has 0 unspecified atom stereocenters. The maximum atomic E-state index is 12.3. The number of amides is 1. The predicted molar refractivity (Wildman–Crippen MR) is 74.2 cm³/mol. The Morgan fingerprint density at radius 2 is 2.05 bits per heavy atom. The number of non-ortho nitro benzene ring substituents is 1. The fourth-order valence-corrected chi connectivity index (χ4v) is 3.29. The zero-order valence-corrected chi connectivity index (χ0v) is 11.4. The van der Waals surface area contributed by atoms with Gasteiger partial charge in [0.05, 0.1) is 15.5 Å². The molecule has 1 aromatic carbocycles. The Balaban J connectivity index is 2.28. The van der Waals surface area contributed by atoms with Crippen LogP contribution in [-0.4, -0.2) is 34.3 Å². The average molecular weight is 290 g/mol. The maximum Gasteiger partial charge on any atom is 0.270 e. The van der Waals surface area contributed by atoms with Crippen LogP contribution in [0.1, 0.15) is 22.3 Å². The summed E-state index contributed by atoms with van der Waals surface area (Å²) in [7, 11) is 0. The molecule has 2 aliphatic heterocycles. The second kappa shape index (κ2) is 4.45. The summed E-state index contributed by atoms with van der Waals surface area (Å²) in [6, 6.07) is 4.15. The number of nitro benzene ring substituents is 1. The van der Waals surface area contributed by atoms with Gasteiger partial charge in [-0.3, -0.25) is 19.7 Å². The van der Waals surface area contributed by atoms with Crippen LogP contribution in [0.5, 0.6) is 0 Å². The number of thioether (sulfide) groups is 1. The van der Waals surface area contributed by atoms with Crippen LogP contribution in [0.3, 0.4) is 0 Å². The Bertz CT molecular complexity index is 696. The van der Waals surface area contributed by atoms with Crippen LogP contribution in [0.2, 0.25) is 0 Å². The van der Waals surface area contributed by atoms with Gasteiger partial charge in [0.15, 0.2) is 5.78 Å². The molecular formula is C13H10N2O4S. The van der Waals surface area contributed by atoms with Gasteiger partial charge in [0.1, 0.15) is 0 Å². The third-order valence-electron chi connectivity index (χ3n) is 3.45. The van der Waals surface area contributed by atoms with Gasteiger partial charge in [0.2, 0.25) is 0 Å². The van der Waals surface area contributed by atoms with E-state index in [0.29, 0.717) is 34.7 Å². The first kappa shape index (κ1) is 12.9. The van der Waals surface area contributed by atoms with Crippen molar-refractivity contribution in [3.63, 3.8) is 0 Å². The van der Waals surface area contributed by atoms with Crippen LogP contribution >= 0.6 is 11.8 Å². The topological polar surface area (TPSA) is 80.5 Å². The number of carbonyl (C=O) groups is 2. The number of allylic oxidation sites excluding steroid dienone is 1. The van der Waals surface area contributed by atoms with Gasteiger partial charge in [0, 0.05) is 36.2 Å². The Morgan fingerprint density at radius 3 is 2.70 bits per heavy atom. The molecule has 0 aliphatic carbocycles. The molecule has 7 heteroatoms. The van der Waals surface area contributed by atoms with Gasteiger partial charge >= 0.3 is 0 Å². The normalized spacial score (nSPS) is 17.4. The molecule has 0 saturated heterocycles. The van der Waals surface area contributed by atoms with Crippen molar-refractivity contribution >= 4 is 34.8 Å². The minimum atomic E-state index is -0.503. The number of rotatable bonds is 2. The number of carbonyl (C=O) groups excluding carboxylic acids is 2. The monoisotopic (exact) mass is 290 g/mol. The van der Waals surface area contributed by atoms with Crippen LogP contribution in [0.4, 0.5) is 5.69 Å². The number of ketones is 1. The van der Waals surface area contributed by atoms with Crippen molar-refractivity contribution in [2.24, 2.45) is 0 Å². The summed E-state index contributed by atoms with van der Waals surface area (Å²) < 4.78 is 0. The molecule has 20 heavy (non-hydrogen) atoms. The van der Waals surface area contributed by atoms with Crippen molar-refractivity contribution in [3.8, 4) is 0 Å². The third-order valence-corrected chi connectivity index (χ3v) is 4.28. The Kier molecular flexibility index (Phi) is 2.86. The van der Waals surface area contributed by atoms with E-state index in [1.54, 1.807) is 11.2 Å². The fraction of sp³-hybridized carbons (Fsp3) is 0.231. The van der Waals surface area contributed by atoms with Gasteiger partial charge in [-0.25, -0.2) is 0 Å². The number of benzene rings is 1. The smallest absolute Gasteiger partial charge is 0.270 e. The van der Waals surface area contributed by atoms with Gasteiger partial charge in [-0.2, -0.15) is 0 Å². The molecule has 0 atom stereocenters. The van der Waals surface area contributed by atoms with E-state index in [0.717, 1.165) is 0 Å². The summed E-state index contributed by atoms with van der Waals surface area (Å²) >= 11 is 1.28. The van der Waals surface area contributed by atoms with E-state index in [2.05, 4.69) is 0 Å². The molecule has 0 fully saturated rings. The highest BCUT2D eigenvalue weighted by Gasteiger charge is 2.39. The Morgan fingerprint density at radius 1 is 1.30 bits per heavy atom. The van der Waals surface area contributed by atoms with E-state index in [4.69, 9.17) is 0 Å². The van der Waals surface area contributed by atoms with E-state index in [1.807, 2.05) is 0 Å². The zero-order valence-electron chi connectivity index (χ0n) is 10.6. The molecule has 3 rings (SSSR count). The minimum Gasteiger partial charge on any atom is -0.306 e. The highest BCUT2D eigenvalue weighted by molar-refractivity contribution is 8.03. The highest BCUT2D eigenvalue weighted by Crippen LogP contribution is 2.42. The highest BCUT2D eigenvalue weighted by atomic mass is 32.2. The standard InChI is InChI=1S/C13H10N2O4S/c1-20-12-10(16)4-5-14-11(12)9-6-7(15(18)19)2-3-8(9)13(14)17/h2-3,6H,4-5H2,1H3. The second-order valence-corrected chi connectivity index (χ2v) is 5.32. The van der Waals surface area contributed by atoms with Crippen molar-refractivity contribution in [1.29, 1.82) is 0 Å². The molecule has 0 radical (unpaired) electrons. The summed E-state index contributed by atoms with van der Waals surface area (Å²) in [6.07, 6.45) is 2.06. The van der Waals surface area contributed by atoms with E-state index in [9.17, 15) is 19.7 Å². The molecule has 1 amide bonds. The summed E-state index contributed by atoms with van der Waals surface area (Å²) in [4.78, 5) is 36.7. The Labute approximate surface area is 118 Å². The molecular weight excluding hydrogens is 280 g/mol. The number of nitrogens with zero attached hydrogens (tertiary/aromatic N) is 2. The Hall–Kier alpha value is -2.15. The van der Waals surface area contributed by atoms with Gasteiger partial charge in [-0.05, 0) is 12.3 Å². The van der Waals surface area contributed by atoms with Crippen molar-refractivity contribution in [1.82, 2.24) is 4.90 Å². The summed E-state index contributed by atoms with van der Waals surface area (Å²) in [5, 5.41) is 10.9. The molecule has 0 N–H and O–H groups in total. The van der Waals surface area contributed by atoms with Crippen LogP contribution < -0.4 is 0 Å². The lowest BCUT2D eigenvalue weighted by molar-refractivity contribution is -0.384. The van der Waals surface area contributed by atoms with Gasteiger partial charge in [-0.1, -0.05) is 0 Å². The zero-order chi connectivity index (χ0) is 14.4. The van der Waals surface area contributed by atoms with E-state index in [1.165, 1.54) is 30.0 Å². The lowest BCUT2D eigenvalue weighted by Gasteiger charge is -2.25.